The van der Waals surface area contributed by atoms with Crippen LogP contribution in [0.3, 0.4) is 0 Å². The molecular weight excluding hydrogens is 182 g/mol. The third kappa shape index (κ3) is 1.60. The fraction of sp³-hybridized carbons (Fsp3) is 0.222. The summed E-state index contributed by atoms with van der Waals surface area (Å²) in [6.45, 7) is 0. The van der Waals surface area contributed by atoms with Crippen molar-refractivity contribution in [2.24, 2.45) is 17.2 Å². The second kappa shape index (κ2) is 3.75. The predicted molar refractivity (Wildman–Crippen MR) is 52.1 cm³/mol. The summed E-state index contributed by atoms with van der Waals surface area (Å²) in [5.74, 6) is -1.24. The molecule has 0 heterocycles. The molecule has 0 aliphatic carbocycles. The molecule has 0 saturated heterocycles. The Hall–Kier alpha value is -1.43. The third-order valence-electron chi connectivity index (χ3n) is 2.13. The fourth-order valence-electron chi connectivity index (χ4n) is 1.17. The maximum absolute atomic E-state index is 11.0. The van der Waals surface area contributed by atoms with Crippen molar-refractivity contribution in [3.8, 4) is 0 Å². The zero-order chi connectivity index (χ0) is 10.8. The van der Waals surface area contributed by atoms with Gasteiger partial charge >= 0.3 is 5.97 Å². The Morgan fingerprint density at radius 2 is 1.79 bits per heavy atom. The standard InChI is InChI=1S/C9H13N3O2/c10-7(11)9(12,8(13)14)6-4-2-1-3-5-6/h1-5,7H,10-12H2,(H,13,14). The molecule has 5 heteroatoms. The minimum atomic E-state index is -1.73. The highest BCUT2D eigenvalue weighted by Crippen LogP contribution is 2.19. The van der Waals surface area contributed by atoms with Crippen LogP contribution in [0, 0.1) is 0 Å². The maximum Gasteiger partial charge on any atom is 0.331 e. The summed E-state index contributed by atoms with van der Waals surface area (Å²) in [5, 5.41) is 8.97. The van der Waals surface area contributed by atoms with Crippen LogP contribution in [-0.4, -0.2) is 17.2 Å². The van der Waals surface area contributed by atoms with Gasteiger partial charge in [0.05, 0.1) is 6.17 Å². The highest BCUT2D eigenvalue weighted by molar-refractivity contribution is 5.81. The number of benzene rings is 1. The number of rotatable bonds is 3. The largest absolute Gasteiger partial charge is 0.480 e. The van der Waals surface area contributed by atoms with Crippen LogP contribution in [0.5, 0.6) is 0 Å². The van der Waals surface area contributed by atoms with Crippen molar-refractivity contribution in [1.82, 2.24) is 0 Å². The lowest BCUT2D eigenvalue weighted by Gasteiger charge is -2.28. The topological polar surface area (TPSA) is 115 Å². The minimum absolute atomic E-state index is 0.391. The predicted octanol–water partition coefficient (Wildman–Crippen LogP) is -0.831. The van der Waals surface area contributed by atoms with Crippen LogP contribution in [0.4, 0.5) is 0 Å². The molecule has 0 saturated carbocycles. The number of hydrogen-bond donors (Lipinski definition) is 4. The Balaban J connectivity index is 3.20. The molecule has 14 heavy (non-hydrogen) atoms. The smallest absolute Gasteiger partial charge is 0.331 e. The van der Waals surface area contributed by atoms with Gasteiger partial charge in [-0.2, -0.15) is 0 Å². The average molecular weight is 195 g/mol. The van der Waals surface area contributed by atoms with E-state index in [-0.39, 0.29) is 0 Å². The van der Waals surface area contributed by atoms with Crippen molar-refractivity contribution in [1.29, 1.82) is 0 Å². The van der Waals surface area contributed by atoms with Gasteiger partial charge in [-0.05, 0) is 5.56 Å². The Bertz CT molecular complexity index is 326. The highest BCUT2D eigenvalue weighted by atomic mass is 16.4. The van der Waals surface area contributed by atoms with Gasteiger partial charge in [0.15, 0.2) is 5.54 Å². The molecule has 1 aromatic rings. The zero-order valence-corrected chi connectivity index (χ0v) is 7.55. The summed E-state index contributed by atoms with van der Waals surface area (Å²) < 4.78 is 0. The van der Waals surface area contributed by atoms with Crippen LogP contribution in [0.1, 0.15) is 5.56 Å². The van der Waals surface area contributed by atoms with Gasteiger partial charge in [0.2, 0.25) is 0 Å². The summed E-state index contributed by atoms with van der Waals surface area (Å²) in [7, 11) is 0. The molecule has 7 N–H and O–H groups in total. The molecule has 1 unspecified atom stereocenters. The van der Waals surface area contributed by atoms with Gasteiger partial charge in [0.1, 0.15) is 0 Å². The van der Waals surface area contributed by atoms with Crippen LogP contribution >= 0.6 is 0 Å². The molecule has 0 fully saturated rings. The number of carbonyl (C=O) groups is 1. The molecule has 0 bridgehead atoms. The number of aliphatic carboxylic acids is 1. The molecule has 1 aromatic carbocycles. The van der Waals surface area contributed by atoms with Gasteiger partial charge < -0.3 is 22.3 Å². The Morgan fingerprint density at radius 3 is 2.14 bits per heavy atom. The van der Waals surface area contributed by atoms with E-state index in [0.29, 0.717) is 5.56 Å². The Morgan fingerprint density at radius 1 is 1.29 bits per heavy atom. The molecule has 76 valence electrons. The van der Waals surface area contributed by atoms with Crippen LogP contribution in [0.15, 0.2) is 30.3 Å². The SMILES string of the molecule is NC(N)C(N)(C(=O)O)c1ccccc1. The first-order valence-electron chi connectivity index (χ1n) is 4.08. The molecule has 1 atom stereocenters. The first kappa shape index (κ1) is 10.6. The molecule has 0 aromatic heterocycles. The lowest BCUT2D eigenvalue weighted by Crippen LogP contribution is -2.62. The van der Waals surface area contributed by atoms with Gasteiger partial charge in [-0.3, -0.25) is 0 Å². The molecule has 0 aliphatic rings. The van der Waals surface area contributed by atoms with Crippen molar-refractivity contribution in [2.45, 2.75) is 11.7 Å². The van der Waals surface area contributed by atoms with Crippen LogP contribution in [0.2, 0.25) is 0 Å². The quantitative estimate of drug-likeness (QED) is 0.470. The average Bonchev–Trinajstić information content (AvgIpc) is 2.17. The van der Waals surface area contributed by atoms with Crippen LogP contribution in [0.25, 0.3) is 0 Å². The number of carboxylic acid groups (broad SMARTS) is 1. The van der Waals surface area contributed by atoms with E-state index in [2.05, 4.69) is 0 Å². The van der Waals surface area contributed by atoms with Gasteiger partial charge in [-0.25, -0.2) is 4.79 Å². The monoisotopic (exact) mass is 195 g/mol. The van der Waals surface area contributed by atoms with E-state index in [9.17, 15) is 4.79 Å². The van der Waals surface area contributed by atoms with E-state index in [1.807, 2.05) is 0 Å². The molecule has 0 radical (unpaired) electrons. The Labute approximate surface area is 81.5 Å². The molecule has 0 spiro atoms. The first-order chi connectivity index (χ1) is 6.49. The zero-order valence-electron chi connectivity index (χ0n) is 7.55. The van der Waals surface area contributed by atoms with E-state index in [1.54, 1.807) is 30.3 Å². The van der Waals surface area contributed by atoms with Crippen molar-refractivity contribution in [2.75, 3.05) is 0 Å². The number of carboxylic acids is 1. The van der Waals surface area contributed by atoms with Crippen molar-refractivity contribution in [3.63, 3.8) is 0 Å². The van der Waals surface area contributed by atoms with Crippen molar-refractivity contribution < 1.29 is 9.90 Å². The molecule has 5 nitrogen and oxygen atoms in total. The summed E-state index contributed by atoms with van der Waals surface area (Å²) in [4.78, 5) is 11.0. The van der Waals surface area contributed by atoms with E-state index in [4.69, 9.17) is 22.3 Å². The number of hydrogen-bond acceptors (Lipinski definition) is 4. The molecule has 0 aliphatic heterocycles. The summed E-state index contributed by atoms with van der Waals surface area (Å²) in [6.07, 6.45) is -1.15. The molecular formula is C9H13N3O2. The van der Waals surface area contributed by atoms with Gasteiger partial charge in [-0.1, -0.05) is 30.3 Å². The van der Waals surface area contributed by atoms with Gasteiger partial charge in [0, 0.05) is 0 Å². The normalized spacial score (nSPS) is 15.1. The lowest BCUT2D eigenvalue weighted by atomic mass is 9.88. The summed E-state index contributed by atoms with van der Waals surface area (Å²) in [5.41, 5.74) is 15.1. The van der Waals surface area contributed by atoms with E-state index in [0.717, 1.165) is 0 Å². The Kier molecular flexibility index (Phi) is 2.85. The van der Waals surface area contributed by atoms with E-state index >= 15 is 0 Å². The fourth-order valence-corrected chi connectivity index (χ4v) is 1.17. The van der Waals surface area contributed by atoms with Crippen LogP contribution in [-0.2, 0) is 10.3 Å². The molecule has 0 amide bonds. The van der Waals surface area contributed by atoms with Crippen LogP contribution < -0.4 is 17.2 Å². The second-order valence-electron chi connectivity index (χ2n) is 3.07. The molecule has 1 rings (SSSR count). The van der Waals surface area contributed by atoms with Crippen molar-refractivity contribution >= 4 is 5.97 Å². The second-order valence-corrected chi connectivity index (χ2v) is 3.07. The highest BCUT2D eigenvalue weighted by Gasteiger charge is 2.40. The van der Waals surface area contributed by atoms with E-state index < -0.39 is 17.7 Å². The summed E-state index contributed by atoms with van der Waals surface area (Å²) >= 11 is 0. The van der Waals surface area contributed by atoms with Gasteiger partial charge in [0.25, 0.3) is 0 Å². The first-order valence-corrected chi connectivity index (χ1v) is 4.08. The number of nitrogens with two attached hydrogens (primary N) is 3. The van der Waals surface area contributed by atoms with Crippen molar-refractivity contribution in [3.05, 3.63) is 35.9 Å². The maximum atomic E-state index is 11.0. The summed E-state index contributed by atoms with van der Waals surface area (Å²) in [6, 6.07) is 8.29. The minimum Gasteiger partial charge on any atom is -0.480 e. The van der Waals surface area contributed by atoms with Gasteiger partial charge in [-0.15, -0.1) is 0 Å². The third-order valence-corrected chi connectivity index (χ3v) is 2.13. The van der Waals surface area contributed by atoms with E-state index in [1.165, 1.54) is 0 Å². The lowest BCUT2D eigenvalue weighted by molar-refractivity contribution is -0.144.